The molecule has 0 aromatic carbocycles. The van der Waals surface area contributed by atoms with Gasteiger partial charge < -0.3 is 0 Å². The maximum atomic E-state index is 4.05. The lowest BCUT2D eigenvalue weighted by Gasteiger charge is -2.37. The second kappa shape index (κ2) is 6.41. The first kappa shape index (κ1) is 17.2. The van der Waals surface area contributed by atoms with Gasteiger partial charge in [-0.15, -0.1) is 0 Å². The first-order chi connectivity index (χ1) is 8.15. The van der Waals surface area contributed by atoms with Crippen molar-refractivity contribution in [3.63, 3.8) is 0 Å². The first-order valence-electron chi connectivity index (χ1n) is 7.15. The van der Waals surface area contributed by atoms with E-state index in [2.05, 4.69) is 61.6 Å². The minimum Gasteiger partial charge on any atom is -0.0988 e. The third-order valence-corrected chi connectivity index (χ3v) is 4.44. The van der Waals surface area contributed by atoms with Crippen LogP contribution in [0.4, 0.5) is 0 Å². The summed E-state index contributed by atoms with van der Waals surface area (Å²) < 4.78 is 0. The highest BCUT2D eigenvalue weighted by Crippen LogP contribution is 2.43. The van der Waals surface area contributed by atoms with Crippen molar-refractivity contribution in [2.75, 3.05) is 0 Å². The molecule has 0 aliphatic carbocycles. The molecule has 0 heterocycles. The molecule has 0 amide bonds. The Morgan fingerprint density at radius 2 is 1.44 bits per heavy atom. The highest BCUT2D eigenvalue weighted by atomic mass is 14.4. The third-order valence-electron chi connectivity index (χ3n) is 4.44. The van der Waals surface area contributed by atoms with E-state index in [1.54, 1.807) is 0 Å². The predicted octanol–water partition coefficient (Wildman–Crippen LogP) is 6.16. The fraction of sp³-hybridized carbons (Fsp3) is 0.667. The van der Waals surface area contributed by atoms with Crippen LogP contribution in [0.2, 0.25) is 0 Å². The maximum absolute atomic E-state index is 4.05. The van der Waals surface area contributed by atoms with Gasteiger partial charge in [-0.1, -0.05) is 80.2 Å². The smallest absolute Gasteiger partial charge is 0.00778 e. The highest BCUT2D eigenvalue weighted by molar-refractivity contribution is 5.39. The minimum absolute atomic E-state index is 0.135. The van der Waals surface area contributed by atoms with Crippen LogP contribution in [-0.4, -0.2) is 0 Å². The van der Waals surface area contributed by atoms with Crippen molar-refractivity contribution in [1.29, 1.82) is 0 Å². The van der Waals surface area contributed by atoms with Gasteiger partial charge in [0.2, 0.25) is 0 Å². The SMILES string of the molecule is C=C/C(=C(\C=C)C(C)(C)C(C)C)C(C)(C)CCC. The molecule has 0 saturated heterocycles. The molecule has 0 aliphatic heterocycles. The van der Waals surface area contributed by atoms with E-state index in [4.69, 9.17) is 0 Å². The molecular weight excluding hydrogens is 216 g/mol. The van der Waals surface area contributed by atoms with Gasteiger partial charge in [0, 0.05) is 0 Å². The summed E-state index contributed by atoms with van der Waals surface area (Å²) in [5.74, 6) is 0.581. The fourth-order valence-corrected chi connectivity index (χ4v) is 2.54. The zero-order valence-corrected chi connectivity index (χ0v) is 13.6. The Kier molecular flexibility index (Phi) is 6.13. The molecule has 0 heteroatoms. The van der Waals surface area contributed by atoms with Crippen LogP contribution in [-0.2, 0) is 0 Å². The van der Waals surface area contributed by atoms with Crippen molar-refractivity contribution in [3.8, 4) is 0 Å². The molecule has 0 aliphatic rings. The molecule has 0 N–H and O–H groups in total. The van der Waals surface area contributed by atoms with Crippen LogP contribution in [0.5, 0.6) is 0 Å². The topological polar surface area (TPSA) is 0 Å². The Morgan fingerprint density at radius 1 is 1.00 bits per heavy atom. The quantitative estimate of drug-likeness (QED) is 0.473. The van der Waals surface area contributed by atoms with Crippen LogP contribution in [0.3, 0.4) is 0 Å². The van der Waals surface area contributed by atoms with E-state index >= 15 is 0 Å². The van der Waals surface area contributed by atoms with E-state index in [1.807, 2.05) is 12.2 Å². The lowest BCUT2D eigenvalue weighted by Crippen LogP contribution is -2.26. The number of allylic oxidation sites excluding steroid dienone is 4. The molecule has 18 heavy (non-hydrogen) atoms. The first-order valence-corrected chi connectivity index (χ1v) is 7.15. The number of hydrogen-bond donors (Lipinski definition) is 0. The molecule has 0 nitrogen and oxygen atoms in total. The van der Waals surface area contributed by atoms with Gasteiger partial charge in [0.15, 0.2) is 0 Å². The van der Waals surface area contributed by atoms with Crippen LogP contribution >= 0.6 is 0 Å². The van der Waals surface area contributed by atoms with Crippen molar-refractivity contribution in [2.45, 2.75) is 61.3 Å². The molecule has 0 aromatic heterocycles. The zero-order chi connectivity index (χ0) is 14.6. The molecule has 0 unspecified atom stereocenters. The van der Waals surface area contributed by atoms with E-state index in [0.717, 1.165) is 0 Å². The molecule has 0 saturated carbocycles. The summed E-state index contributed by atoms with van der Waals surface area (Å²) >= 11 is 0. The van der Waals surface area contributed by atoms with Crippen LogP contribution < -0.4 is 0 Å². The third kappa shape index (κ3) is 3.60. The average molecular weight is 248 g/mol. The predicted molar refractivity (Wildman–Crippen MR) is 84.7 cm³/mol. The molecular formula is C18H32. The Bertz CT molecular complexity index is 324. The van der Waals surface area contributed by atoms with Crippen molar-refractivity contribution in [1.82, 2.24) is 0 Å². The van der Waals surface area contributed by atoms with Gasteiger partial charge in [-0.25, -0.2) is 0 Å². The van der Waals surface area contributed by atoms with Crippen LogP contribution in [0.1, 0.15) is 61.3 Å². The minimum atomic E-state index is 0.135. The monoisotopic (exact) mass is 248 g/mol. The van der Waals surface area contributed by atoms with Gasteiger partial charge in [-0.05, 0) is 34.3 Å². The molecule has 0 rings (SSSR count). The van der Waals surface area contributed by atoms with Gasteiger partial charge in [0.25, 0.3) is 0 Å². The van der Waals surface area contributed by atoms with Gasteiger partial charge in [0.05, 0.1) is 0 Å². The summed E-state index contributed by atoms with van der Waals surface area (Å²) in [5, 5.41) is 0. The van der Waals surface area contributed by atoms with Crippen molar-refractivity contribution in [2.24, 2.45) is 16.7 Å². The van der Waals surface area contributed by atoms with Crippen LogP contribution in [0.15, 0.2) is 36.5 Å². The Hall–Kier alpha value is -0.780. The van der Waals surface area contributed by atoms with Gasteiger partial charge in [0.1, 0.15) is 0 Å². The van der Waals surface area contributed by atoms with E-state index in [9.17, 15) is 0 Å². The Balaban J connectivity index is 5.87. The van der Waals surface area contributed by atoms with E-state index in [1.165, 1.54) is 24.0 Å². The maximum Gasteiger partial charge on any atom is -0.00778 e. The van der Waals surface area contributed by atoms with Gasteiger partial charge in [-0.2, -0.15) is 0 Å². The molecule has 0 spiro atoms. The highest BCUT2D eigenvalue weighted by Gasteiger charge is 2.31. The summed E-state index contributed by atoms with van der Waals surface area (Å²) in [6.07, 6.45) is 6.45. The second-order valence-corrected chi connectivity index (χ2v) is 6.75. The van der Waals surface area contributed by atoms with Gasteiger partial charge >= 0.3 is 0 Å². The van der Waals surface area contributed by atoms with Crippen molar-refractivity contribution in [3.05, 3.63) is 36.5 Å². The van der Waals surface area contributed by atoms with E-state index in [0.29, 0.717) is 5.92 Å². The number of rotatable bonds is 7. The average Bonchev–Trinajstić information content (AvgIpc) is 2.24. The molecule has 104 valence electrons. The molecule has 0 aromatic rings. The lowest BCUT2D eigenvalue weighted by molar-refractivity contribution is 0.304. The Morgan fingerprint density at radius 3 is 1.72 bits per heavy atom. The number of hydrogen-bond acceptors (Lipinski definition) is 0. The zero-order valence-electron chi connectivity index (χ0n) is 13.6. The summed E-state index contributed by atoms with van der Waals surface area (Å²) in [6.45, 7) is 24.1. The van der Waals surface area contributed by atoms with E-state index in [-0.39, 0.29) is 10.8 Å². The van der Waals surface area contributed by atoms with E-state index < -0.39 is 0 Å². The van der Waals surface area contributed by atoms with Crippen LogP contribution in [0, 0.1) is 16.7 Å². The Labute approximate surface area is 115 Å². The fourth-order valence-electron chi connectivity index (χ4n) is 2.54. The summed E-state index contributed by atoms with van der Waals surface area (Å²) in [5.41, 5.74) is 3.02. The van der Waals surface area contributed by atoms with Crippen LogP contribution in [0.25, 0.3) is 0 Å². The normalized spacial score (nSPS) is 14.4. The lowest BCUT2D eigenvalue weighted by atomic mass is 9.67. The molecule has 0 radical (unpaired) electrons. The van der Waals surface area contributed by atoms with Gasteiger partial charge in [-0.3, -0.25) is 0 Å². The molecule has 0 atom stereocenters. The molecule has 0 fully saturated rings. The van der Waals surface area contributed by atoms with Crippen molar-refractivity contribution >= 4 is 0 Å². The standard InChI is InChI=1S/C18H32/c1-10-13-17(6,7)15(11-2)16(12-3)18(8,9)14(4)5/h11-12,14H,2-3,10,13H2,1,4-9H3/b16-15-. The summed E-state index contributed by atoms with van der Waals surface area (Å²) in [7, 11) is 0. The second-order valence-electron chi connectivity index (χ2n) is 6.75. The summed E-state index contributed by atoms with van der Waals surface area (Å²) in [6, 6.07) is 0. The van der Waals surface area contributed by atoms with Crippen molar-refractivity contribution < 1.29 is 0 Å². The largest absolute Gasteiger partial charge is 0.0988 e. The molecule has 0 bridgehead atoms. The summed E-state index contributed by atoms with van der Waals surface area (Å²) in [4.78, 5) is 0.